The summed E-state index contributed by atoms with van der Waals surface area (Å²) in [6.45, 7) is 4.44. The number of benzene rings is 2. The number of aromatic nitrogens is 1. The van der Waals surface area contributed by atoms with Gasteiger partial charge < -0.3 is 4.90 Å². The SMILES string of the molecule is CC(C)Sc1ccc2c(SCc3ccc(N(C)C)cc3)ccnc2c1. The molecule has 0 N–H and O–H groups in total. The van der Waals surface area contributed by atoms with Crippen molar-refractivity contribution in [3.8, 4) is 0 Å². The fourth-order valence-electron chi connectivity index (χ4n) is 2.62. The first-order valence-corrected chi connectivity index (χ1v) is 10.3. The number of thioether (sulfide) groups is 2. The Morgan fingerprint density at radius 2 is 1.76 bits per heavy atom. The van der Waals surface area contributed by atoms with Crippen LogP contribution in [0.3, 0.4) is 0 Å². The number of nitrogens with zero attached hydrogens (tertiary/aromatic N) is 2. The Morgan fingerprint density at radius 3 is 2.44 bits per heavy atom. The van der Waals surface area contributed by atoms with Gasteiger partial charge in [-0.2, -0.15) is 0 Å². The molecule has 0 aliphatic heterocycles. The van der Waals surface area contributed by atoms with E-state index in [1.165, 1.54) is 26.4 Å². The van der Waals surface area contributed by atoms with E-state index in [0.29, 0.717) is 5.25 Å². The molecule has 0 aliphatic carbocycles. The lowest BCUT2D eigenvalue weighted by atomic mass is 10.2. The van der Waals surface area contributed by atoms with Crippen molar-refractivity contribution in [3.05, 3.63) is 60.3 Å². The van der Waals surface area contributed by atoms with Gasteiger partial charge in [0.1, 0.15) is 0 Å². The van der Waals surface area contributed by atoms with E-state index in [1.54, 1.807) is 0 Å². The van der Waals surface area contributed by atoms with Gasteiger partial charge in [-0.05, 0) is 35.9 Å². The van der Waals surface area contributed by atoms with Gasteiger partial charge in [0.15, 0.2) is 0 Å². The second-order valence-electron chi connectivity index (χ2n) is 6.50. The van der Waals surface area contributed by atoms with E-state index in [2.05, 4.69) is 86.4 Å². The molecule has 0 atom stereocenters. The first-order valence-electron chi connectivity index (χ1n) is 8.47. The number of fused-ring (bicyclic) bond motifs is 1. The summed E-state index contributed by atoms with van der Waals surface area (Å²) in [6, 6.07) is 17.5. The Bertz CT molecular complexity index is 842. The highest BCUT2D eigenvalue weighted by Crippen LogP contribution is 2.32. The van der Waals surface area contributed by atoms with Crippen LogP contribution in [0.25, 0.3) is 10.9 Å². The quantitative estimate of drug-likeness (QED) is 0.489. The smallest absolute Gasteiger partial charge is 0.0724 e. The molecule has 3 aromatic rings. The normalized spacial score (nSPS) is 11.2. The molecule has 4 heteroatoms. The molecule has 1 aromatic heterocycles. The molecule has 0 aliphatic rings. The highest BCUT2D eigenvalue weighted by molar-refractivity contribution is 8.00. The molecule has 0 fully saturated rings. The minimum Gasteiger partial charge on any atom is -0.378 e. The maximum atomic E-state index is 4.56. The third-order valence-electron chi connectivity index (χ3n) is 3.89. The summed E-state index contributed by atoms with van der Waals surface area (Å²) < 4.78 is 0. The van der Waals surface area contributed by atoms with Crippen LogP contribution in [0.5, 0.6) is 0 Å². The van der Waals surface area contributed by atoms with Gasteiger partial charge in [-0.25, -0.2) is 0 Å². The van der Waals surface area contributed by atoms with Crippen LogP contribution in [-0.2, 0) is 5.75 Å². The number of pyridine rings is 1. The van der Waals surface area contributed by atoms with Crippen LogP contribution >= 0.6 is 23.5 Å². The van der Waals surface area contributed by atoms with Gasteiger partial charge in [0.05, 0.1) is 5.52 Å². The van der Waals surface area contributed by atoms with Crippen LogP contribution in [0.2, 0.25) is 0 Å². The van der Waals surface area contributed by atoms with Crippen molar-refractivity contribution in [1.82, 2.24) is 4.98 Å². The van der Waals surface area contributed by atoms with Gasteiger partial charge in [0.2, 0.25) is 0 Å². The summed E-state index contributed by atoms with van der Waals surface area (Å²) in [5.41, 5.74) is 3.66. The van der Waals surface area contributed by atoms with Gasteiger partial charge in [-0.15, -0.1) is 23.5 Å². The first-order chi connectivity index (χ1) is 12.0. The monoisotopic (exact) mass is 368 g/mol. The Hall–Kier alpha value is -1.65. The van der Waals surface area contributed by atoms with Crippen LogP contribution in [0.1, 0.15) is 19.4 Å². The number of hydrogen-bond acceptors (Lipinski definition) is 4. The van der Waals surface area contributed by atoms with Crippen molar-refractivity contribution < 1.29 is 0 Å². The Morgan fingerprint density at radius 1 is 1.00 bits per heavy atom. The molecule has 2 nitrogen and oxygen atoms in total. The summed E-state index contributed by atoms with van der Waals surface area (Å²) in [6.07, 6.45) is 1.92. The van der Waals surface area contributed by atoms with Crippen molar-refractivity contribution in [2.75, 3.05) is 19.0 Å². The third kappa shape index (κ3) is 4.71. The van der Waals surface area contributed by atoms with Gasteiger partial charge in [-0.3, -0.25) is 4.98 Å². The van der Waals surface area contributed by atoms with Crippen LogP contribution < -0.4 is 4.90 Å². The second kappa shape index (κ2) is 8.15. The molecule has 0 spiro atoms. The molecule has 1 heterocycles. The topological polar surface area (TPSA) is 16.1 Å². The average molecular weight is 369 g/mol. The molecule has 3 rings (SSSR count). The molecule has 0 radical (unpaired) electrons. The maximum absolute atomic E-state index is 4.56. The van der Waals surface area contributed by atoms with Crippen molar-refractivity contribution in [2.45, 2.75) is 34.6 Å². The van der Waals surface area contributed by atoms with Gasteiger partial charge in [0.25, 0.3) is 0 Å². The zero-order chi connectivity index (χ0) is 17.8. The molecule has 0 saturated heterocycles. The number of hydrogen-bond donors (Lipinski definition) is 0. The van der Waals surface area contributed by atoms with Crippen LogP contribution in [0.4, 0.5) is 5.69 Å². The minimum absolute atomic E-state index is 0.583. The van der Waals surface area contributed by atoms with Crippen LogP contribution in [0, 0.1) is 0 Å². The molecule has 0 saturated carbocycles. The Labute approximate surface area is 159 Å². The fraction of sp³-hybridized carbons (Fsp3) is 0.286. The summed E-state index contributed by atoms with van der Waals surface area (Å²) in [5.74, 6) is 0.968. The average Bonchev–Trinajstić information content (AvgIpc) is 2.59. The van der Waals surface area contributed by atoms with Gasteiger partial charge in [0, 0.05) is 52.2 Å². The van der Waals surface area contributed by atoms with E-state index in [1.807, 2.05) is 29.7 Å². The standard InChI is InChI=1S/C21H24N2S2/c1-15(2)25-18-9-10-19-20(13-18)22-12-11-21(19)24-14-16-5-7-17(8-6-16)23(3)4/h5-13,15H,14H2,1-4H3. The second-order valence-corrected chi connectivity index (χ2v) is 9.17. The molecular formula is C21H24N2S2. The zero-order valence-corrected chi connectivity index (χ0v) is 16.8. The van der Waals surface area contributed by atoms with Crippen LogP contribution in [-0.4, -0.2) is 24.3 Å². The predicted molar refractivity (Wildman–Crippen MR) is 113 cm³/mol. The van der Waals surface area contributed by atoms with Gasteiger partial charge >= 0.3 is 0 Å². The van der Waals surface area contributed by atoms with E-state index in [-0.39, 0.29) is 0 Å². The van der Waals surface area contributed by atoms with E-state index >= 15 is 0 Å². The lowest BCUT2D eigenvalue weighted by Crippen LogP contribution is -2.08. The summed E-state index contributed by atoms with van der Waals surface area (Å²) in [5, 5.41) is 1.82. The molecular weight excluding hydrogens is 344 g/mol. The number of anilines is 1. The summed E-state index contributed by atoms with van der Waals surface area (Å²) in [7, 11) is 4.14. The Balaban J connectivity index is 1.77. The lowest BCUT2D eigenvalue weighted by molar-refractivity contribution is 1.11. The highest BCUT2D eigenvalue weighted by atomic mass is 32.2. The van der Waals surface area contributed by atoms with E-state index in [0.717, 1.165) is 11.3 Å². The molecule has 2 aromatic carbocycles. The van der Waals surface area contributed by atoms with Gasteiger partial charge in [-0.1, -0.05) is 32.0 Å². The molecule has 0 bridgehead atoms. The van der Waals surface area contributed by atoms with E-state index in [9.17, 15) is 0 Å². The van der Waals surface area contributed by atoms with Crippen molar-refractivity contribution in [1.29, 1.82) is 0 Å². The maximum Gasteiger partial charge on any atom is 0.0724 e. The van der Waals surface area contributed by atoms with E-state index in [4.69, 9.17) is 0 Å². The first kappa shape index (κ1) is 18.2. The molecule has 0 amide bonds. The third-order valence-corrected chi connectivity index (χ3v) is 6.04. The fourth-order valence-corrected chi connectivity index (χ4v) is 4.49. The largest absolute Gasteiger partial charge is 0.378 e. The van der Waals surface area contributed by atoms with Crippen LogP contribution in [0.15, 0.2) is 64.5 Å². The lowest BCUT2D eigenvalue weighted by Gasteiger charge is -2.13. The number of rotatable bonds is 6. The Kier molecular flexibility index (Phi) is 5.92. The zero-order valence-electron chi connectivity index (χ0n) is 15.2. The molecule has 0 unspecified atom stereocenters. The summed E-state index contributed by atoms with van der Waals surface area (Å²) in [4.78, 5) is 9.27. The van der Waals surface area contributed by atoms with Crippen molar-refractivity contribution in [2.24, 2.45) is 0 Å². The highest BCUT2D eigenvalue weighted by Gasteiger charge is 2.06. The van der Waals surface area contributed by atoms with Crippen molar-refractivity contribution in [3.63, 3.8) is 0 Å². The predicted octanol–water partition coefficient (Wildman–Crippen LogP) is 6.09. The molecule has 130 valence electrons. The minimum atomic E-state index is 0.583. The van der Waals surface area contributed by atoms with E-state index < -0.39 is 0 Å². The van der Waals surface area contributed by atoms with Crippen molar-refractivity contribution >= 4 is 40.1 Å². The summed E-state index contributed by atoms with van der Waals surface area (Å²) >= 11 is 3.76. The molecule has 25 heavy (non-hydrogen) atoms.